The summed E-state index contributed by atoms with van der Waals surface area (Å²) in [5, 5.41) is 13.4. The standard InChI is InChI=1S/C33H34ClFN6O7S/c1-19-6-4-9-27(25-14-20(17-36-30(25)35)24-11-10-22(37-33(44)47-2)16-29(24)39-31(19)42)38-32(43)26-18-41(23-8-5-7-21(34)15-23)40-28(26)12-13-48-49(3,45)46/h5,7-8,10-11,14-19,27H,4,6,9,12-13H2,1-3H3,(H,37,44)(H,38,43)(H,39,42)/t19?,27-/m0/s1. The number of fused-ring (bicyclic) bond motifs is 4. The van der Waals surface area contributed by atoms with E-state index in [1.54, 1.807) is 55.5 Å². The fraction of sp³-hybridized carbons (Fsp3) is 0.303. The minimum absolute atomic E-state index is 0.0182. The van der Waals surface area contributed by atoms with Crippen LogP contribution >= 0.6 is 11.6 Å². The molecule has 5 rings (SSSR count). The van der Waals surface area contributed by atoms with E-state index in [0.717, 1.165) is 6.26 Å². The Morgan fingerprint density at radius 1 is 1.16 bits per heavy atom. The van der Waals surface area contributed by atoms with Crippen LogP contribution in [-0.4, -0.2) is 61.1 Å². The highest BCUT2D eigenvalue weighted by Crippen LogP contribution is 2.35. The molecule has 0 spiro atoms. The molecule has 2 aromatic heterocycles. The largest absolute Gasteiger partial charge is 0.453 e. The van der Waals surface area contributed by atoms with Gasteiger partial charge in [-0.3, -0.25) is 19.1 Å². The monoisotopic (exact) mass is 712 g/mol. The van der Waals surface area contributed by atoms with Crippen molar-refractivity contribution < 1.29 is 36.1 Å². The molecule has 13 nitrogen and oxygen atoms in total. The van der Waals surface area contributed by atoms with Gasteiger partial charge in [0, 0.05) is 52.1 Å². The first-order chi connectivity index (χ1) is 23.3. The van der Waals surface area contributed by atoms with Gasteiger partial charge in [0.15, 0.2) is 0 Å². The van der Waals surface area contributed by atoms with Gasteiger partial charge in [-0.1, -0.05) is 37.1 Å². The molecule has 3 N–H and O–H groups in total. The molecule has 2 aromatic carbocycles. The van der Waals surface area contributed by atoms with Gasteiger partial charge in [0.1, 0.15) is 0 Å². The second kappa shape index (κ2) is 15.1. The van der Waals surface area contributed by atoms with Crippen molar-refractivity contribution in [2.24, 2.45) is 5.92 Å². The fourth-order valence-corrected chi connectivity index (χ4v) is 5.95. The molecule has 0 saturated heterocycles. The van der Waals surface area contributed by atoms with E-state index in [4.69, 9.17) is 15.8 Å². The van der Waals surface area contributed by atoms with Crippen molar-refractivity contribution in [2.75, 3.05) is 30.6 Å². The van der Waals surface area contributed by atoms with Crippen LogP contribution in [0.25, 0.3) is 16.8 Å². The second-order valence-electron chi connectivity index (χ2n) is 11.5. The molecular weight excluding hydrogens is 679 g/mol. The van der Waals surface area contributed by atoms with Crippen molar-refractivity contribution >= 4 is 51.0 Å². The molecule has 4 aromatic rings. The molecule has 1 unspecified atom stereocenters. The van der Waals surface area contributed by atoms with Crippen LogP contribution in [0.2, 0.25) is 5.02 Å². The van der Waals surface area contributed by atoms with Crippen LogP contribution in [0.5, 0.6) is 0 Å². The third-order valence-corrected chi connectivity index (χ3v) is 8.72. The number of hydrogen-bond donors (Lipinski definition) is 3. The van der Waals surface area contributed by atoms with Crippen LogP contribution in [0.15, 0.2) is 60.9 Å². The number of nitrogens with zero attached hydrogens (tertiary/aromatic N) is 3. The minimum Gasteiger partial charge on any atom is -0.453 e. The maximum atomic E-state index is 15.5. The average molecular weight is 713 g/mol. The van der Waals surface area contributed by atoms with Gasteiger partial charge >= 0.3 is 6.09 Å². The number of hydrogen-bond acceptors (Lipinski definition) is 9. The van der Waals surface area contributed by atoms with Crippen LogP contribution < -0.4 is 16.0 Å². The Morgan fingerprint density at radius 2 is 1.96 bits per heavy atom. The van der Waals surface area contributed by atoms with Gasteiger partial charge in [0.2, 0.25) is 11.9 Å². The first kappa shape index (κ1) is 35.4. The van der Waals surface area contributed by atoms with Crippen molar-refractivity contribution in [1.82, 2.24) is 20.1 Å². The number of ether oxygens (including phenoxy) is 1. The lowest BCUT2D eigenvalue weighted by atomic mass is 9.93. The van der Waals surface area contributed by atoms with E-state index in [1.165, 1.54) is 24.2 Å². The summed E-state index contributed by atoms with van der Waals surface area (Å²) >= 11 is 6.18. The smallest absolute Gasteiger partial charge is 0.411 e. The van der Waals surface area contributed by atoms with Crippen LogP contribution in [0.3, 0.4) is 0 Å². The molecule has 0 aliphatic carbocycles. The van der Waals surface area contributed by atoms with Gasteiger partial charge in [-0.25, -0.2) is 14.5 Å². The second-order valence-corrected chi connectivity index (χ2v) is 13.6. The van der Waals surface area contributed by atoms with Crippen molar-refractivity contribution in [3.8, 4) is 16.8 Å². The summed E-state index contributed by atoms with van der Waals surface area (Å²) in [7, 11) is -2.52. The molecule has 1 aliphatic heterocycles. The van der Waals surface area contributed by atoms with E-state index in [0.29, 0.717) is 46.1 Å². The van der Waals surface area contributed by atoms with Crippen molar-refractivity contribution in [1.29, 1.82) is 0 Å². The number of carbonyl (C=O) groups excluding carboxylic acids is 3. The van der Waals surface area contributed by atoms with Gasteiger partial charge < -0.3 is 15.4 Å². The summed E-state index contributed by atoms with van der Waals surface area (Å²) in [6.07, 6.45) is 4.15. The summed E-state index contributed by atoms with van der Waals surface area (Å²) in [6.45, 7) is 1.51. The maximum Gasteiger partial charge on any atom is 0.411 e. The summed E-state index contributed by atoms with van der Waals surface area (Å²) in [5.41, 5.74) is 2.73. The molecule has 0 radical (unpaired) electrons. The molecule has 2 bridgehead atoms. The number of methoxy groups -OCH3 is 1. The molecular formula is C33H34ClFN6O7S. The molecule has 0 saturated carbocycles. The van der Waals surface area contributed by atoms with Crippen LogP contribution in [0.1, 0.15) is 53.8 Å². The molecule has 49 heavy (non-hydrogen) atoms. The molecule has 1 aliphatic rings. The number of aromatic nitrogens is 3. The number of carbonyl (C=O) groups is 3. The van der Waals surface area contributed by atoms with Crippen LogP contribution in [0.4, 0.5) is 20.6 Å². The van der Waals surface area contributed by atoms with Crippen molar-refractivity contribution in [2.45, 2.75) is 38.6 Å². The number of anilines is 2. The summed E-state index contributed by atoms with van der Waals surface area (Å²) < 4.78 is 49.8. The summed E-state index contributed by atoms with van der Waals surface area (Å²) in [5.74, 6) is -2.08. The number of amides is 3. The third kappa shape index (κ3) is 8.99. The zero-order valence-electron chi connectivity index (χ0n) is 26.8. The normalized spacial score (nSPS) is 16.4. The number of benzene rings is 2. The van der Waals surface area contributed by atoms with Gasteiger partial charge in [-0.15, -0.1) is 0 Å². The molecule has 258 valence electrons. The lowest BCUT2D eigenvalue weighted by Gasteiger charge is -2.23. The SMILES string of the molecule is COC(=O)Nc1ccc2c(c1)NC(=O)C(C)CCC[C@H](NC(=O)c1cn(-c3cccc(Cl)c3)nc1CCOS(C)(=O)=O)c1cc-2cnc1F. The molecule has 3 amide bonds. The molecule has 16 heteroatoms. The van der Waals surface area contributed by atoms with Crippen molar-refractivity contribution in [3.63, 3.8) is 0 Å². The Morgan fingerprint density at radius 3 is 2.69 bits per heavy atom. The Bertz CT molecular complexity index is 2000. The fourth-order valence-electron chi connectivity index (χ4n) is 5.38. The topological polar surface area (TPSA) is 171 Å². The Labute approximate surface area is 287 Å². The summed E-state index contributed by atoms with van der Waals surface area (Å²) in [4.78, 5) is 43.0. The van der Waals surface area contributed by atoms with E-state index >= 15 is 4.39 Å². The van der Waals surface area contributed by atoms with Gasteiger partial charge in [-0.05, 0) is 49.2 Å². The number of halogens is 2. The Balaban J connectivity index is 1.52. The van der Waals surface area contributed by atoms with E-state index in [2.05, 4.69) is 30.8 Å². The van der Waals surface area contributed by atoms with Crippen LogP contribution in [-0.2, 0) is 30.3 Å². The molecule has 2 atom stereocenters. The van der Waals surface area contributed by atoms with Gasteiger partial charge in [0.05, 0.1) is 48.6 Å². The maximum absolute atomic E-state index is 15.5. The number of nitrogens with one attached hydrogen (secondary N) is 3. The quantitative estimate of drug-likeness (QED) is 0.154. The van der Waals surface area contributed by atoms with E-state index < -0.39 is 40.0 Å². The summed E-state index contributed by atoms with van der Waals surface area (Å²) in [6, 6.07) is 12.3. The highest BCUT2D eigenvalue weighted by atomic mass is 35.5. The zero-order chi connectivity index (χ0) is 35.3. The average Bonchev–Trinajstić information content (AvgIpc) is 3.48. The van der Waals surface area contributed by atoms with Gasteiger partial charge in [0.25, 0.3) is 16.0 Å². The van der Waals surface area contributed by atoms with E-state index in [9.17, 15) is 22.8 Å². The minimum atomic E-state index is -3.75. The first-order valence-corrected chi connectivity index (χ1v) is 17.5. The molecule has 3 heterocycles. The predicted octanol–water partition coefficient (Wildman–Crippen LogP) is 5.65. The highest BCUT2D eigenvalue weighted by molar-refractivity contribution is 7.85. The lowest BCUT2D eigenvalue weighted by Crippen LogP contribution is -2.30. The van der Waals surface area contributed by atoms with Gasteiger partial charge in [-0.2, -0.15) is 17.9 Å². The van der Waals surface area contributed by atoms with Crippen LogP contribution in [0, 0.1) is 11.9 Å². The lowest BCUT2D eigenvalue weighted by molar-refractivity contribution is -0.119. The van der Waals surface area contributed by atoms with E-state index in [1.807, 2.05) is 0 Å². The zero-order valence-corrected chi connectivity index (χ0v) is 28.4. The first-order valence-electron chi connectivity index (χ1n) is 15.3. The highest BCUT2D eigenvalue weighted by Gasteiger charge is 2.26. The Hall–Kier alpha value is -4.86. The van der Waals surface area contributed by atoms with E-state index in [-0.39, 0.29) is 42.2 Å². The third-order valence-electron chi connectivity index (χ3n) is 7.89. The number of pyridine rings is 1. The van der Waals surface area contributed by atoms with Crippen molar-refractivity contribution in [3.05, 3.63) is 88.7 Å². The Kier molecular flexibility index (Phi) is 11.0. The predicted molar refractivity (Wildman–Crippen MR) is 181 cm³/mol. The molecule has 0 fully saturated rings. The number of rotatable bonds is 8.